The van der Waals surface area contributed by atoms with Crippen LogP contribution in [0.25, 0.3) is 0 Å². The molecule has 0 saturated heterocycles. The molecule has 1 aromatic heterocycles. The van der Waals surface area contributed by atoms with Crippen LogP contribution in [0, 0.1) is 13.8 Å². The van der Waals surface area contributed by atoms with Gasteiger partial charge in [0.1, 0.15) is 0 Å². The molecular formula is C25H24N2OS. The maximum absolute atomic E-state index is 12.0. The molecule has 0 aliphatic heterocycles. The molecule has 4 aromatic rings. The lowest BCUT2D eigenvalue weighted by atomic mass is 9.80. The van der Waals surface area contributed by atoms with Gasteiger partial charge >= 0.3 is 0 Å². The lowest BCUT2D eigenvalue weighted by Gasteiger charge is -2.30. The SMILES string of the molecule is Cc1cccc(C(O)(c2cccc(SCc3ccccc3)c2)c2cnc[nH]2)c1C. The minimum absolute atomic E-state index is 0.663. The first-order chi connectivity index (χ1) is 14.1. The summed E-state index contributed by atoms with van der Waals surface area (Å²) < 4.78 is 0. The summed E-state index contributed by atoms with van der Waals surface area (Å²) in [6.07, 6.45) is 3.31. The standard InChI is InChI=1S/C25H24N2OS/c1-18-8-6-13-23(19(18)2)25(28,24-15-26-17-27-24)21-11-7-12-22(14-21)29-16-20-9-4-3-5-10-20/h3-15,17,28H,16H2,1-2H3,(H,26,27). The molecule has 1 atom stereocenters. The molecule has 0 saturated carbocycles. The van der Waals surface area contributed by atoms with Gasteiger partial charge in [-0.3, -0.25) is 0 Å². The van der Waals surface area contributed by atoms with Crippen molar-refractivity contribution in [3.05, 3.63) is 119 Å². The number of hydrogen-bond donors (Lipinski definition) is 2. The second kappa shape index (κ2) is 8.27. The zero-order chi connectivity index (χ0) is 20.3. The molecule has 146 valence electrons. The van der Waals surface area contributed by atoms with Crippen LogP contribution >= 0.6 is 11.8 Å². The van der Waals surface area contributed by atoms with Gasteiger partial charge in [-0.25, -0.2) is 4.98 Å². The topological polar surface area (TPSA) is 48.9 Å². The van der Waals surface area contributed by atoms with Gasteiger partial charge in [0.25, 0.3) is 0 Å². The number of benzene rings is 3. The minimum Gasteiger partial charge on any atom is -0.374 e. The fourth-order valence-electron chi connectivity index (χ4n) is 3.60. The van der Waals surface area contributed by atoms with Crippen molar-refractivity contribution < 1.29 is 5.11 Å². The Labute approximate surface area is 175 Å². The molecule has 0 spiro atoms. The molecule has 0 fully saturated rings. The van der Waals surface area contributed by atoms with E-state index in [1.54, 1.807) is 24.3 Å². The number of aromatic amines is 1. The predicted octanol–water partition coefficient (Wildman–Crippen LogP) is 5.60. The van der Waals surface area contributed by atoms with Gasteiger partial charge in [0.05, 0.1) is 18.2 Å². The molecule has 2 N–H and O–H groups in total. The van der Waals surface area contributed by atoms with E-state index in [0.29, 0.717) is 5.69 Å². The van der Waals surface area contributed by atoms with Gasteiger partial charge < -0.3 is 10.1 Å². The highest BCUT2D eigenvalue weighted by molar-refractivity contribution is 7.98. The molecule has 0 radical (unpaired) electrons. The van der Waals surface area contributed by atoms with Gasteiger partial charge in [0, 0.05) is 10.6 Å². The van der Waals surface area contributed by atoms with Crippen LogP contribution in [0.1, 0.15) is 33.5 Å². The molecule has 4 rings (SSSR count). The Morgan fingerprint density at radius 2 is 1.76 bits per heavy atom. The molecule has 4 heteroatoms. The van der Waals surface area contributed by atoms with E-state index in [1.807, 2.05) is 30.3 Å². The fourth-order valence-corrected chi connectivity index (χ4v) is 4.52. The molecule has 0 bridgehead atoms. The Morgan fingerprint density at radius 3 is 2.52 bits per heavy atom. The Morgan fingerprint density at radius 1 is 0.966 bits per heavy atom. The van der Waals surface area contributed by atoms with Crippen molar-refractivity contribution in [2.75, 3.05) is 0 Å². The highest BCUT2D eigenvalue weighted by Crippen LogP contribution is 2.39. The Bertz CT molecular complexity index is 1090. The first-order valence-corrected chi connectivity index (χ1v) is 10.6. The van der Waals surface area contributed by atoms with Gasteiger partial charge in [-0.1, -0.05) is 60.7 Å². The fraction of sp³-hybridized carbons (Fsp3) is 0.160. The van der Waals surface area contributed by atoms with Crippen LogP contribution in [-0.2, 0) is 11.4 Å². The number of aryl methyl sites for hydroxylation is 1. The van der Waals surface area contributed by atoms with Crippen LogP contribution in [0.15, 0.2) is 90.2 Å². The van der Waals surface area contributed by atoms with Crippen molar-refractivity contribution in [2.24, 2.45) is 0 Å². The van der Waals surface area contributed by atoms with Crippen molar-refractivity contribution in [3.63, 3.8) is 0 Å². The quantitative estimate of drug-likeness (QED) is 0.414. The van der Waals surface area contributed by atoms with Gasteiger partial charge in [0.2, 0.25) is 0 Å². The summed E-state index contributed by atoms with van der Waals surface area (Å²) in [6.45, 7) is 4.12. The van der Waals surface area contributed by atoms with Crippen LogP contribution in [0.3, 0.4) is 0 Å². The summed E-state index contributed by atoms with van der Waals surface area (Å²) in [5, 5.41) is 12.0. The van der Waals surface area contributed by atoms with E-state index in [4.69, 9.17) is 0 Å². The Balaban J connectivity index is 1.75. The van der Waals surface area contributed by atoms with E-state index in [1.165, 1.54) is 5.56 Å². The van der Waals surface area contributed by atoms with Gasteiger partial charge in [-0.2, -0.15) is 0 Å². The van der Waals surface area contributed by atoms with Crippen molar-refractivity contribution in [3.8, 4) is 0 Å². The number of aliphatic hydroxyl groups is 1. The van der Waals surface area contributed by atoms with Crippen molar-refractivity contribution in [2.45, 2.75) is 30.1 Å². The highest BCUT2D eigenvalue weighted by atomic mass is 32.2. The summed E-state index contributed by atoms with van der Waals surface area (Å²) >= 11 is 1.77. The number of imidazole rings is 1. The van der Waals surface area contributed by atoms with Gasteiger partial charge in [0.15, 0.2) is 5.60 Å². The molecule has 3 aromatic carbocycles. The molecule has 0 aliphatic rings. The molecule has 0 amide bonds. The molecule has 0 aliphatic carbocycles. The number of nitrogens with one attached hydrogen (secondary N) is 1. The first kappa shape index (κ1) is 19.5. The maximum Gasteiger partial charge on any atom is 0.157 e. The van der Waals surface area contributed by atoms with Crippen molar-refractivity contribution in [1.29, 1.82) is 0 Å². The molecule has 29 heavy (non-hydrogen) atoms. The van der Waals surface area contributed by atoms with E-state index in [-0.39, 0.29) is 0 Å². The zero-order valence-electron chi connectivity index (χ0n) is 16.6. The summed E-state index contributed by atoms with van der Waals surface area (Å²) in [5.41, 5.74) is 4.57. The summed E-state index contributed by atoms with van der Waals surface area (Å²) in [6, 6.07) is 24.6. The molecule has 1 heterocycles. The monoisotopic (exact) mass is 400 g/mol. The second-order valence-corrected chi connectivity index (χ2v) is 8.27. The van der Waals surface area contributed by atoms with Crippen LogP contribution in [0.2, 0.25) is 0 Å². The number of hydrogen-bond acceptors (Lipinski definition) is 3. The number of thioether (sulfide) groups is 1. The van der Waals surface area contributed by atoms with E-state index in [0.717, 1.165) is 32.9 Å². The predicted molar refractivity (Wildman–Crippen MR) is 119 cm³/mol. The van der Waals surface area contributed by atoms with Crippen LogP contribution in [0.5, 0.6) is 0 Å². The minimum atomic E-state index is -1.30. The lowest BCUT2D eigenvalue weighted by molar-refractivity contribution is 0.120. The van der Waals surface area contributed by atoms with E-state index < -0.39 is 5.60 Å². The molecule has 1 unspecified atom stereocenters. The maximum atomic E-state index is 12.0. The average Bonchev–Trinajstić information content (AvgIpc) is 3.30. The Kier molecular flexibility index (Phi) is 5.56. The summed E-state index contributed by atoms with van der Waals surface area (Å²) in [4.78, 5) is 8.42. The number of nitrogens with zero attached hydrogens (tertiary/aromatic N) is 1. The van der Waals surface area contributed by atoms with Crippen molar-refractivity contribution in [1.82, 2.24) is 9.97 Å². The zero-order valence-corrected chi connectivity index (χ0v) is 17.4. The van der Waals surface area contributed by atoms with E-state index in [9.17, 15) is 5.11 Å². The molecular weight excluding hydrogens is 376 g/mol. The third-order valence-corrected chi connectivity index (χ3v) is 6.45. The van der Waals surface area contributed by atoms with E-state index >= 15 is 0 Å². The normalized spacial score (nSPS) is 13.2. The van der Waals surface area contributed by atoms with Gasteiger partial charge in [-0.15, -0.1) is 11.8 Å². The van der Waals surface area contributed by atoms with Crippen LogP contribution < -0.4 is 0 Å². The smallest absolute Gasteiger partial charge is 0.157 e. The summed E-state index contributed by atoms with van der Waals surface area (Å²) in [5.74, 6) is 0.885. The van der Waals surface area contributed by atoms with E-state index in [2.05, 4.69) is 66.3 Å². The van der Waals surface area contributed by atoms with Crippen LogP contribution in [-0.4, -0.2) is 15.1 Å². The second-order valence-electron chi connectivity index (χ2n) is 7.23. The largest absolute Gasteiger partial charge is 0.374 e. The average molecular weight is 401 g/mol. The molecule has 3 nitrogen and oxygen atoms in total. The third kappa shape index (κ3) is 3.86. The number of rotatable bonds is 6. The third-order valence-electron chi connectivity index (χ3n) is 5.38. The lowest BCUT2D eigenvalue weighted by Crippen LogP contribution is -2.30. The number of aromatic nitrogens is 2. The van der Waals surface area contributed by atoms with Crippen LogP contribution in [0.4, 0.5) is 0 Å². The highest BCUT2D eigenvalue weighted by Gasteiger charge is 2.37. The first-order valence-electron chi connectivity index (χ1n) is 9.64. The Hall–Kier alpha value is -2.82. The van der Waals surface area contributed by atoms with Gasteiger partial charge in [-0.05, 0) is 53.8 Å². The summed E-state index contributed by atoms with van der Waals surface area (Å²) in [7, 11) is 0. The number of H-pyrrole nitrogens is 1. The van der Waals surface area contributed by atoms with Crippen molar-refractivity contribution >= 4 is 11.8 Å².